The molecule has 0 aliphatic rings. The number of aromatic carboxylic acids is 1. The van der Waals surface area contributed by atoms with Gasteiger partial charge in [-0.1, -0.05) is 0 Å². The number of halogens is 2. The SMILES string of the molecule is O=C(O)c1cc(-c2csc(-c3cc(F)ccc3F)n2)c[nH]1. The first kappa shape index (κ1) is 13.4. The van der Waals surface area contributed by atoms with E-state index in [0.29, 0.717) is 16.3 Å². The standard InChI is InChI=1S/C14H8F2N2O2S/c15-8-1-2-10(16)9(4-8)13-18-12(6-21-13)7-3-11(14(19)20)17-5-7/h1-6,17H,(H,19,20). The number of carbonyl (C=O) groups is 1. The fourth-order valence-electron chi connectivity index (χ4n) is 1.86. The molecule has 0 saturated heterocycles. The van der Waals surface area contributed by atoms with Crippen LogP contribution in [-0.4, -0.2) is 21.0 Å². The van der Waals surface area contributed by atoms with Crippen LogP contribution in [0.4, 0.5) is 8.78 Å². The van der Waals surface area contributed by atoms with Gasteiger partial charge in [0.15, 0.2) is 0 Å². The van der Waals surface area contributed by atoms with Gasteiger partial charge in [0, 0.05) is 22.7 Å². The maximum atomic E-state index is 13.7. The van der Waals surface area contributed by atoms with Crippen LogP contribution in [0.25, 0.3) is 21.8 Å². The number of benzene rings is 1. The van der Waals surface area contributed by atoms with E-state index in [2.05, 4.69) is 9.97 Å². The van der Waals surface area contributed by atoms with Crippen LogP contribution in [0.2, 0.25) is 0 Å². The number of nitrogens with zero attached hydrogens (tertiary/aromatic N) is 1. The molecule has 7 heteroatoms. The number of nitrogens with one attached hydrogen (secondary N) is 1. The second-order valence-electron chi connectivity index (χ2n) is 4.27. The molecule has 0 atom stereocenters. The van der Waals surface area contributed by atoms with Crippen molar-refractivity contribution in [3.8, 4) is 21.8 Å². The van der Waals surface area contributed by atoms with Crippen LogP contribution in [0, 0.1) is 11.6 Å². The second kappa shape index (κ2) is 5.10. The molecule has 0 amide bonds. The Balaban J connectivity index is 1.99. The van der Waals surface area contributed by atoms with Gasteiger partial charge in [0.05, 0.1) is 5.69 Å². The summed E-state index contributed by atoms with van der Waals surface area (Å²) in [5.41, 5.74) is 1.20. The van der Waals surface area contributed by atoms with Gasteiger partial charge in [-0.25, -0.2) is 18.6 Å². The summed E-state index contributed by atoms with van der Waals surface area (Å²) < 4.78 is 26.9. The molecule has 0 bridgehead atoms. The van der Waals surface area contributed by atoms with Gasteiger partial charge < -0.3 is 10.1 Å². The first-order chi connectivity index (χ1) is 10.0. The van der Waals surface area contributed by atoms with Gasteiger partial charge in [0.25, 0.3) is 0 Å². The molecule has 0 saturated carbocycles. The predicted octanol–water partition coefficient (Wildman–Crippen LogP) is 3.78. The molecule has 2 N–H and O–H groups in total. The topological polar surface area (TPSA) is 66.0 Å². The molecule has 106 valence electrons. The lowest BCUT2D eigenvalue weighted by Gasteiger charge is -1.98. The van der Waals surface area contributed by atoms with Crippen molar-refractivity contribution >= 4 is 17.3 Å². The average Bonchev–Trinajstić information content (AvgIpc) is 3.09. The van der Waals surface area contributed by atoms with Crippen molar-refractivity contribution in [1.29, 1.82) is 0 Å². The van der Waals surface area contributed by atoms with E-state index in [1.54, 1.807) is 5.38 Å². The molecule has 3 aromatic rings. The second-order valence-corrected chi connectivity index (χ2v) is 5.13. The van der Waals surface area contributed by atoms with Gasteiger partial charge in [0.2, 0.25) is 0 Å². The maximum absolute atomic E-state index is 13.7. The highest BCUT2D eigenvalue weighted by molar-refractivity contribution is 7.13. The third-order valence-corrected chi connectivity index (χ3v) is 3.75. The number of rotatable bonds is 3. The van der Waals surface area contributed by atoms with E-state index in [9.17, 15) is 13.6 Å². The predicted molar refractivity (Wildman–Crippen MR) is 74.2 cm³/mol. The zero-order valence-electron chi connectivity index (χ0n) is 10.4. The number of hydrogen-bond acceptors (Lipinski definition) is 3. The minimum absolute atomic E-state index is 0.0384. The van der Waals surface area contributed by atoms with Crippen molar-refractivity contribution in [2.75, 3.05) is 0 Å². The van der Waals surface area contributed by atoms with Gasteiger partial charge >= 0.3 is 5.97 Å². The fraction of sp³-hybridized carbons (Fsp3) is 0. The smallest absolute Gasteiger partial charge is 0.352 e. The van der Waals surface area contributed by atoms with Gasteiger partial charge in [-0.15, -0.1) is 11.3 Å². The van der Waals surface area contributed by atoms with E-state index < -0.39 is 17.6 Å². The molecule has 0 aliphatic carbocycles. The van der Waals surface area contributed by atoms with Crippen LogP contribution < -0.4 is 0 Å². The van der Waals surface area contributed by atoms with E-state index >= 15 is 0 Å². The van der Waals surface area contributed by atoms with Gasteiger partial charge in [-0.05, 0) is 24.3 Å². The number of aromatic amines is 1. The summed E-state index contributed by atoms with van der Waals surface area (Å²) in [6.45, 7) is 0. The highest BCUT2D eigenvalue weighted by Crippen LogP contribution is 2.31. The molecule has 4 nitrogen and oxygen atoms in total. The Kier molecular flexibility index (Phi) is 3.26. The largest absolute Gasteiger partial charge is 0.477 e. The van der Waals surface area contributed by atoms with Crippen LogP contribution in [-0.2, 0) is 0 Å². The zero-order chi connectivity index (χ0) is 15.0. The monoisotopic (exact) mass is 306 g/mol. The number of carboxylic acid groups (broad SMARTS) is 1. The van der Waals surface area contributed by atoms with E-state index in [1.165, 1.54) is 12.3 Å². The molecule has 0 radical (unpaired) electrons. The van der Waals surface area contributed by atoms with Crippen molar-refractivity contribution < 1.29 is 18.7 Å². The quantitative estimate of drug-likeness (QED) is 0.774. The lowest BCUT2D eigenvalue weighted by atomic mass is 10.2. The molecule has 2 aromatic heterocycles. The van der Waals surface area contributed by atoms with Gasteiger partial charge in [-0.2, -0.15) is 0 Å². The van der Waals surface area contributed by atoms with Crippen molar-refractivity contribution in [2.24, 2.45) is 0 Å². The summed E-state index contributed by atoms with van der Waals surface area (Å²) in [7, 11) is 0. The third-order valence-electron chi connectivity index (χ3n) is 2.87. The normalized spacial score (nSPS) is 10.8. The molecule has 0 aliphatic heterocycles. The number of hydrogen-bond donors (Lipinski definition) is 2. The molecule has 0 fully saturated rings. The highest BCUT2D eigenvalue weighted by atomic mass is 32.1. The molecule has 2 heterocycles. The summed E-state index contributed by atoms with van der Waals surface area (Å²) in [5, 5.41) is 10.8. The summed E-state index contributed by atoms with van der Waals surface area (Å²) >= 11 is 1.16. The molecule has 3 rings (SSSR count). The summed E-state index contributed by atoms with van der Waals surface area (Å²) in [5.74, 6) is -2.18. The Morgan fingerprint density at radius 2 is 2.10 bits per heavy atom. The molecular formula is C14H8F2N2O2S. The summed E-state index contributed by atoms with van der Waals surface area (Å²) in [6, 6.07) is 4.60. The zero-order valence-corrected chi connectivity index (χ0v) is 11.2. The van der Waals surface area contributed by atoms with Crippen molar-refractivity contribution in [3.05, 3.63) is 53.2 Å². The molecule has 1 aromatic carbocycles. The average molecular weight is 306 g/mol. The third kappa shape index (κ3) is 2.55. The molecular weight excluding hydrogens is 298 g/mol. The Bertz CT molecular complexity index is 826. The Morgan fingerprint density at radius 3 is 2.81 bits per heavy atom. The van der Waals surface area contributed by atoms with Crippen LogP contribution >= 0.6 is 11.3 Å². The van der Waals surface area contributed by atoms with Gasteiger partial charge in [-0.3, -0.25) is 0 Å². The first-order valence-corrected chi connectivity index (χ1v) is 6.75. The minimum Gasteiger partial charge on any atom is -0.477 e. The molecule has 0 unspecified atom stereocenters. The fourth-order valence-corrected chi connectivity index (χ4v) is 2.70. The Labute approximate surface area is 121 Å². The summed E-state index contributed by atoms with van der Waals surface area (Å²) in [6.07, 6.45) is 1.50. The maximum Gasteiger partial charge on any atom is 0.352 e. The minimum atomic E-state index is -1.08. The lowest BCUT2D eigenvalue weighted by Crippen LogP contribution is -1.94. The number of aromatic nitrogens is 2. The van der Waals surface area contributed by atoms with Crippen molar-refractivity contribution in [2.45, 2.75) is 0 Å². The van der Waals surface area contributed by atoms with E-state index in [0.717, 1.165) is 29.5 Å². The first-order valence-electron chi connectivity index (χ1n) is 5.87. The summed E-state index contributed by atoms with van der Waals surface area (Å²) in [4.78, 5) is 17.6. The van der Waals surface area contributed by atoms with Crippen LogP contribution in [0.3, 0.4) is 0 Å². The molecule has 0 spiro atoms. The van der Waals surface area contributed by atoms with E-state index in [-0.39, 0.29) is 11.3 Å². The lowest BCUT2D eigenvalue weighted by molar-refractivity contribution is 0.0691. The Morgan fingerprint density at radius 1 is 1.29 bits per heavy atom. The van der Waals surface area contributed by atoms with Gasteiger partial charge in [0.1, 0.15) is 22.3 Å². The number of carboxylic acids is 1. The van der Waals surface area contributed by atoms with Crippen LogP contribution in [0.15, 0.2) is 35.8 Å². The Hall–Kier alpha value is -2.54. The van der Waals surface area contributed by atoms with E-state index in [4.69, 9.17) is 5.11 Å². The van der Waals surface area contributed by atoms with Crippen molar-refractivity contribution in [1.82, 2.24) is 9.97 Å². The van der Waals surface area contributed by atoms with Crippen LogP contribution in [0.5, 0.6) is 0 Å². The van der Waals surface area contributed by atoms with Crippen molar-refractivity contribution in [3.63, 3.8) is 0 Å². The highest BCUT2D eigenvalue weighted by Gasteiger charge is 2.14. The van der Waals surface area contributed by atoms with E-state index in [1.807, 2.05) is 0 Å². The van der Waals surface area contributed by atoms with Crippen LogP contribution in [0.1, 0.15) is 10.5 Å². The molecule has 21 heavy (non-hydrogen) atoms. The number of thiazole rings is 1. The number of H-pyrrole nitrogens is 1.